The Balaban J connectivity index is 3.64. The summed E-state index contributed by atoms with van der Waals surface area (Å²) in [6, 6.07) is 2.29. The Morgan fingerprint density at radius 3 is 2.20 bits per heavy atom. The van der Waals surface area contributed by atoms with Crippen LogP contribution in [0.3, 0.4) is 0 Å². The quantitative estimate of drug-likeness (QED) is 0.827. The molecule has 0 spiro atoms. The molecule has 0 fully saturated rings. The van der Waals surface area contributed by atoms with Crippen molar-refractivity contribution < 1.29 is 13.2 Å². The highest BCUT2D eigenvalue weighted by molar-refractivity contribution is 7.89. The van der Waals surface area contributed by atoms with Crippen LogP contribution in [0.2, 0.25) is 10.0 Å². The SMILES string of the molecule is NC(=O)c1c(Cl)ccc(S(N)(=O)=O)c1Cl. The molecule has 0 radical (unpaired) electrons. The lowest BCUT2D eigenvalue weighted by Crippen LogP contribution is -2.17. The molecule has 0 heterocycles. The zero-order valence-corrected chi connectivity index (χ0v) is 9.53. The van der Waals surface area contributed by atoms with E-state index < -0.39 is 15.9 Å². The van der Waals surface area contributed by atoms with Gasteiger partial charge in [-0.15, -0.1) is 0 Å². The number of halogens is 2. The van der Waals surface area contributed by atoms with Gasteiger partial charge < -0.3 is 5.73 Å². The summed E-state index contributed by atoms with van der Waals surface area (Å²) in [6.45, 7) is 0. The first kappa shape index (κ1) is 12.3. The lowest BCUT2D eigenvalue weighted by molar-refractivity contribution is 0.100. The predicted octanol–water partition coefficient (Wildman–Crippen LogP) is 0.740. The van der Waals surface area contributed by atoms with E-state index in [9.17, 15) is 13.2 Å². The second kappa shape index (κ2) is 3.97. The molecule has 1 aromatic rings. The number of sulfonamides is 1. The average Bonchev–Trinajstić information content (AvgIpc) is 2.00. The Morgan fingerprint density at radius 1 is 1.27 bits per heavy atom. The lowest BCUT2D eigenvalue weighted by Gasteiger charge is -2.06. The molecule has 0 atom stereocenters. The maximum Gasteiger partial charge on any atom is 0.251 e. The molecule has 5 nitrogen and oxygen atoms in total. The Labute approximate surface area is 96.0 Å². The van der Waals surface area contributed by atoms with Crippen LogP contribution in [0.4, 0.5) is 0 Å². The van der Waals surface area contributed by atoms with Gasteiger partial charge in [-0.25, -0.2) is 13.6 Å². The zero-order valence-electron chi connectivity index (χ0n) is 7.20. The summed E-state index contributed by atoms with van der Waals surface area (Å²) >= 11 is 11.3. The first-order valence-electron chi connectivity index (χ1n) is 3.55. The largest absolute Gasteiger partial charge is 0.366 e. The van der Waals surface area contributed by atoms with E-state index in [0.717, 1.165) is 6.07 Å². The number of primary amides is 1. The van der Waals surface area contributed by atoms with Crippen LogP contribution < -0.4 is 10.9 Å². The maximum absolute atomic E-state index is 11.0. The smallest absolute Gasteiger partial charge is 0.251 e. The van der Waals surface area contributed by atoms with E-state index in [-0.39, 0.29) is 20.5 Å². The van der Waals surface area contributed by atoms with Gasteiger partial charge in [0.25, 0.3) is 5.91 Å². The maximum atomic E-state index is 11.0. The Hall–Kier alpha value is -0.820. The number of rotatable bonds is 2. The third kappa shape index (κ3) is 2.40. The molecule has 0 saturated heterocycles. The Kier molecular flexibility index (Phi) is 3.25. The molecule has 4 N–H and O–H groups in total. The molecule has 8 heteroatoms. The molecular formula is C7H6Cl2N2O3S. The van der Waals surface area contributed by atoms with Crippen LogP contribution in [0.5, 0.6) is 0 Å². The van der Waals surface area contributed by atoms with Gasteiger partial charge >= 0.3 is 0 Å². The number of carbonyl (C=O) groups excluding carboxylic acids is 1. The van der Waals surface area contributed by atoms with Crippen molar-refractivity contribution in [3.05, 3.63) is 27.7 Å². The Bertz CT molecular complexity index is 527. The number of nitrogens with two attached hydrogens (primary N) is 2. The standard InChI is InChI=1S/C7H6Cl2N2O3S/c8-3-1-2-4(15(11,13)14)6(9)5(3)7(10)12/h1-2H,(H2,10,12)(H2,11,13,14). The fraction of sp³-hybridized carbons (Fsp3) is 0. The van der Waals surface area contributed by atoms with Crippen LogP contribution in [0, 0.1) is 0 Å². The molecule has 0 aliphatic heterocycles. The second-order valence-corrected chi connectivity index (χ2v) is 4.96. The van der Waals surface area contributed by atoms with E-state index in [0.29, 0.717) is 0 Å². The van der Waals surface area contributed by atoms with Crippen LogP contribution in [-0.2, 0) is 10.0 Å². The molecule has 0 aromatic heterocycles. The zero-order chi connectivity index (χ0) is 11.8. The van der Waals surface area contributed by atoms with Gasteiger partial charge in [0.05, 0.1) is 15.6 Å². The predicted molar refractivity (Wildman–Crippen MR) is 56.4 cm³/mol. The first-order chi connectivity index (χ1) is 6.75. The first-order valence-corrected chi connectivity index (χ1v) is 5.86. The lowest BCUT2D eigenvalue weighted by atomic mass is 10.2. The molecule has 1 amide bonds. The summed E-state index contributed by atoms with van der Waals surface area (Å²) in [5, 5.41) is 4.48. The fourth-order valence-corrected chi connectivity index (χ4v) is 2.47. The van der Waals surface area contributed by atoms with Gasteiger partial charge in [0.15, 0.2) is 0 Å². The van der Waals surface area contributed by atoms with Crippen molar-refractivity contribution in [2.75, 3.05) is 0 Å². The van der Waals surface area contributed by atoms with Gasteiger partial charge in [0.2, 0.25) is 10.0 Å². The molecule has 0 unspecified atom stereocenters. The summed E-state index contributed by atoms with van der Waals surface area (Å²) in [7, 11) is -4.00. The normalized spacial score (nSPS) is 11.4. The number of primary sulfonamides is 1. The van der Waals surface area contributed by atoms with Crippen molar-refractivity contribution >= 4 is 39.1 Å². The average molecular weight is 269 g/mol. The molecule has 82 valence electrons. The molecule has 15 heavy (non-hydrogen) atoms. The number of benzene rings is 1. The summed E-state index contributed by atoms with van der Waals surface area (Å²) in [5.41, 5.74) is 4.72. The minimum absolute atomic E-state index is 0.0279. The molecule has 0 aliphatic carbocycles. The van der Waals surface area contributed by atoms with E-state index in [2.05, 4.69) is 0 Å². The van der Waals surface area contributed by atoms with Crippen molar-refractivity contribution in [1.29, 1.82) is 0 Å². The van der Waals surface area contributed by atoms with Gasteiger partial charge in [0, 0.05) is 0 Å². The van der Waals surface area contributed by atoms with Crippen LogP contribution in [0.1, 0.15) is 10.4 Å². The van der Waals surface area contributed by atoms with E-state index >= 15 is 0 Å². The molecule has 0 bridgehead atoms. The van der Waals surface area contributed by atoms with Gasteiger partial charge in [0.1, 0.15) is 4.90 Å². The molecular weight excluding hydrogens is 263 g/mol. The molecule has 0 saturated carbocycles. The third-order valence-corrected chi connectivity index (χ3v) is 3.38. The summed E-state index contributed by atoms with van der Waals surface area (Å²) in [4.78, 5) is 10.6. The highest BCUT2D eigenvalue weighted by Gasteiger charge is 2.20. The van der Waals surface area contributed by atoms with Crippen molar-refractivity contribution in [2.24, 2.45) is 10.9 Å². The molecule has 1 rings (SSSR count). The van der Waals surface area contributed by atoms with E-state index in [1.807, 2.05) is 0 Å². The highest BCUT2D eigenvalue weighted by atomic mass is 35.5. The van der Waals surface area contributed by atoms with Gasteiger partial charge in [-0.1, -0.05) is 23.2 Å². The summed E-state index contributed by atoms with van der Waals surface area (Å²) in [6.07, 6.45) is 0. The number of amides is 1. The third-order valence-electron chi connectivity index (χ3n) is 1.61. The van der Waals surface area contributed by atoms with E-state index in [1.54, 1.807) is 0 Å². The monoisotopic (exact) mass is 268 g/mol. The summed E-state index contributed by atoms with van der Waals surface area (Å²) < 4.78 is 22.1. The fourth-order valence-electron chi connectivity index (χ4n) is 0.979. The van der Waals surface area contributed by atoms with E-state index in [1.165, 1.54) is 6.07 Å². The van der Waals surface area contributed by atoms with Crippen molar-refractivity contribution in [2.45, 2.75) is 4.90 Å². The van der Waals surface area contributed by atoms with Gasteiger partial charge in [-0.2, -0.15) is 0 Å². The van der Waals surface area contributed by atoms with Gasteiger partial charge in [-0.05, 0) is 12.1 Å². The van der Waals surface area contributed by atoms with E-state index in [4.69, 9.17) is 34.1 Å². The van der Waals surface area contributed by atoms with Crippen LogP contribution in [-0.4, -0.2) is 14.3 Å². The highest BCUT2D eigenvalue weighted by Crippen LogP contribution is 2.29. The van der Waals surface area contributed by atoms with Crippen molar-refractivity contribution in [3.8, 4) is 0 Å². The van der Waals surface area contributed by atoms with Crippen LogP contribution in [0.15, 0.2) is 17.0 Å². The van der Waals surface area contributed by atoms with Crippen molar-refractivity contribution in [1.82, 2.24) is 0 Å². The number of hydrogen-bond donors (Lipinski definition) is 2. The topological polar surface area (TPSA) is 103 Å². The van der Waals surface area contributed by atoms with Gasteiger partial charge in [-0.3, -0.25) is 4.79 Å². The minimum Gasteiger partial charge on any atom is -0.366 e. The number of carbonyl (C=O) groups is 1. The number of hydrogen-bond acceptors (Lipinski definition) is 3. The summed E-state index contributed by atoms with van der Waals surface area (Å²) in [5.74, 6) is -0.921. The molecule has 0 aliphatic rings. The minimum atomic E-state index is -4.00. The van der Waals surface area contributed by atoms with Crippen molar-refractivity contribution in [3.63, 3.8) is 0 Å². The van der Waals surface area contributed by atoms with Crippen LogP contribution >= 0.6 is 23.2 Å². The molecule has 1 aromatic carbocycles. The van der Waals surface area contributed by atoms with Crippen LogP contribution in [0.25, 0.3) is 0 Å². The Morgan fingerprint density at radius 2 is 1.80 bits per heavy atom. The second-order valence-electron chi connectivity index (χ2n) is 2.64.